The standard InChI is InChI=1S/C27H25ClO3P/c1-2-30-27(29)26-21(18-28)19-31-25(26)20-32(22-12-6-3-7-13-22,23-14-8-4-9-15-23)24-16-10-5-11-17-24/h3-17,19H,2,18,20H2,1H3/q+1. The number of hydrogen-bond acceptors (Lipinski definition) is 3. The van der Waals surface area contributed by atoms with E-state index >= 15 is 0 Å². The molecule has 0 fully saturated rings. The summed E-state index contributed by atoms with van der Waals surface area (Å²) in [4.78, 5) is 12.9. The lowest BCUT2D eigenvalue weighted by Gasteiger charge is -2.27. The van der Waals surface area contributed by atoms with Crippen LogP contribution in [0.2, 0.25) is 0 Å². The van der Waals surface area contributed by atoms with Crippen LogP contribution in [0.5, 0.6) is 0 Å². The quantitative estimate of drug-likeness (QED) is 0.191. The molecule has 162 valence electrons. The summed E-state index contributed by atoms with van der Waals surface area (Å²) in [6, 6.07) is 31.5. The van der Waals surface area contributed by atoms with Gasteiger partial charge in [0.25, 0.3) is 0 Å². The van der Waals surface area contributed by atoms with E-state index in [1.165, 1.54) is 15.9 Å². The average Bonchev–Trinajstić information content (AvgIpc) is 3.27. The van der Waals surface area contributed by atoms with Gasteiger partial charge in [-0.25, -0.2) is 4.79 Å². The highest BCUT2D eigenvalue weighted by molar-refractivity contribution is 7.95. The molecule has 0 aliphatic rings. The zero-order valence-electron chi connectivity index (χ0n) is 17.9. The third-order valence-corrected chi connectivity index (χ3v) is 10.1. The maximum atomic E-state index is 12.9. The summed E-state index contributed by atoms with van der Waals surface area (Å²) in [6.45, 7) is 2.09. The minimum atomic E-state index is -2.20. The fraction of sp³-hybridized carbons (Fsp3) is 0.148. The molecule has 1 heterocycles. The first-order valence-corrected chi connectivity index (χ1v) is 13.1. The van der Waals surface area contributed by atoms with Gasteiger partial charge in [-0.05, 0) is 43.3 Å². The van der Waals surface area contributed by atoms with E-state index in [1.54, 1.807) is 13.2 Å². The van der Waals surface area contributed by atoms with Gasteiger partial charge >= 0.3 is 5.97 Å². The van der Waals surface area contributed by atoms with E-state index in [-0.39, 0.29) is 11.8 Å². The third-order valence-electron chi connectivity index (χ3n) is 5.54. The lowest BCUT2D eigenvalue weighted by atomic mass is 10.2. The molecule has 0 atom stereocenters. The molecule has 5 heteroatoms. The first kappa shape index (κ1) is 22.3. The number of halogens is 1. The summed E-state index contributed by atoms with van der Waals surface area (Å²) < 4.78 is 11.4. The van der Waals surface area contributed by atoms with Gasteiger partial charge in [0.1, 0.15) is 34.9 Å². The molecule has 0 N–H and O–H groups in total. The maximum Gasteiger partial charge on any atom is 0.342 e. The van der Waals surface area contributed by atoms with Crippen LogP contribution in [0.4, 0.5) is 0 Å². The molecule has 0 radical (unpaired) electrons. The van der Waals surface area contributed by atoms with E-state index in [0.29, 0.717) is 29.7 Å². The fourth-order valence-electron chi connectivity index (χ4n) is 4.09. The lowest BCUT2D eigenvalue weighted by molar-refractivity contribution is 0.0523. The molecule has 0 saturated carbocycles. The molecule has 3 nitrogen and oxygen atoms in total. The summed E-state index contributed by atoms with van der Waals surface area (Å²) in [5, 5.41) is 3.66. The second-order valence-electron chi connectivity index (χ2n) is 7.39. The predicted molar refractivity (Wildman–Crippen MR) is 133 cm³/mol. The predicted octanol–water partition coefficient (Wildman–Crippen LogP) is 5.69. The summed E-state index contributed by atoms with van der Waals surface area (Å²) in [5.41, 5.74) is 1.11. The number of carbonyl (C=O) groups excluding carboxylic acids is 1. The van der Waals surface area contributed by atoms with Gasteiger partial charge in [-0.1, -0.05) is 54.6 Å². The molecule has 0 amide bonds. The van der Waals surface area contributed by atoms with Crippen molar-refractivity contribution in [2.75, 3.05) is 6.61 Å². The van der Waals surface area contributed by atoms with Crippen molar-refractivity contribution in [2.24, 2.45) is 0 Å². The van der Waals surface area contributed by atoms with Crippen molar-refractivity contribution in [1.82, 2.24) is 0 Å². The van der Waals surface area contributed by atoms with Crippen molar-refractivity contribution < 1.29 is 13.9 Å². The maximum absolute atomic E-state index is 12.9. The van der Waals surface area contributed by atoms with Gasteiger partial charge in [0.05, 0.1) is 18.8 Å². The molecule has 0 aliphatic heterocycles. The number of rotatable bonds is 8. The van der Waals surface area contributed by atoms with E-state index in [9.17, 15) is 4.79 Å². The monoisotopic (exact) mass is 463 g/mol. The van der Waals surface area contributed by atoms with Gasteiger partial charge in [0, 0.05) is 5.56 Å². The van der Waals surface area contributed by atoms with Gasteiger partial charge in [0.15, 0.2) is 5.76 Å². The second-order valence-corrected chi connectivity index (χ2v) is 11.1. The highest BCUT2D eigenvalue weighted by Gasteiger charge is 2.47. The Balaban J connectivity index is 1.98. The molecular formula is C27H25ClO3P+. The normalized spacial score (nSPS) is 11.3. The summed E-state index contributed by atoms with van der Waals surface area (Å²) in [5.74, 6) is 0.411. The summed E-state index contributed by atoms with van der Waals surface area (Å²) >= 11 is 6.15. The molecule has 0 unspecified atom stereocenters. The Labute approximate surface area is 194 Å². The number of furan rings is 1. The van der Waals surface area contributed by atoms with E-state index in [2.05, 4.69) is 72.8 Å². The first-order valence-electron chi connectivity index (χ1n) is 10.6. The Morgan fingerprint density at radius 1 is 0.844 bits per heavy atom. The number of benzene rings is 3. The number of alkyl halides is 1. The number of esters is 1. The fourth-order valence-corrected chi connectivity index (χ4v) is 8.43. The van der Waals surface area contributed by atoms with Crippen molar-refractivity contribution in [2.45, 2.75) is 19.0 Å². The Bertz CT molecular complexity index is 1060. The van der Waals surface area contributed by atoms with Crippen LogP contribution in [0.1, 0.15) is 28.6 Å². The van der Waals surface area contributed by atoms with Crippen LogP contribution < -0.4 is 15.9 Å². The van der Waals surface area contributed by atoms with E-state index in [0.717, 1.165) is 0 Å². The van der Waals surface area contributed by atoms with Crippen molar-refractivity contribution in [3.8, 4) is 0 Å². The van der Waals surface area contributed by atoms with Crippen molar-refractivity contribution >= 4 is 40.7 Å². The van der Waals surface area contributed by atoms with Gasteiger partial charge in [-0.2, -0.15) is 0 Å². The number of carbonyl (C=O) groups is 1. The van der Waals surface area contributed by atoms with Crippen molar-refractivity contribution in [3.63, 3.8) is 0 Å². The van der Waals surface area contributed by atoms with E-state index < -0.39 is 7.26 Å². The van der Waals surface area contributed by atoms with E-state index in [1.807, 2.05) is 18.2 Å². The second kappa shape index (κ2) is 10.2. The summed E-state index contributed by atoms with van der Waals surface area (Å²) in [6.07, 6.45) is 2.14. The zero-order chi connectivity index (χ0) is 22.4. The molecule has 0 aliphatic carbocycles. The highest BCUT2D eigenvalue weighted by atomic mass is 35.5. The van der Waals surface area contributed by atoms with Crippen molar-refractivity contribution in [3.05, 3.63) is 114 Å². The Kier molecular flexibility index (Phi) is 7.09. The molecule has 0 bridgehead atoms. The minimum Gasteiger partial charge on any atom is -0.464 e. The molecular weight excluding hydrogens is 439 g/mol. The Hall–Kier alpha value is -2.87. The van der Waals surface area contributed by atoms with Crippen LogP contribution in [0.25, 0.3) is 0 Å². The van der Waals surface area contributed by atoms with Crippen LogP contribution in [0.3, 0.4) is 0 Å². The summed E-state index contributed by atoms with van der Waals surface area (Å²) in [7, 11) is -2.20. The molecule has 1 aromatic heterocycles. The van der Waals surface area contributed by atoms with Crippen LogP contribution in [-0.4, -0.2) is 12.6 Å². The topological polar surface area (TPSA) is 39.4 Å². The molecule has 0 spiro atoms. The smallest absolute Gasteiger partial charge is 0.342 e. The van der Waals surface area contributed by atoms with Gasteiger partial charge in [0.2, 0.25) is 0 Å². The highest BCUT2D eigenvalue weighted by Crippen LogP contribution is 2.58. The average molecular weight is 464 g/mol. The third kappa shape index (κ3) is 4.24. The first-order chi connectivity index (χ1) is 15.7. The molecule has 32 heavy (non-hydrogen) atoms. The van der Waals surface area contributed by atoms with Crippen LogP contribution in [-0.2, 0) is 16.8 Å². The number of hydrogen-bond donors (Lipinski definition) is 0. The molecule has 3 aromatic carbocycles. The van der Waals surface area contributed by atoms with Crippen LogP contribution in [0.15, 0.2) is 102 Å². The van der Waals surface area contributed by atoms with Crippen LogP contribution >= 0.6 is 18.9 Å². The Morgan fingerprint density at radius 2 is 1.31 bits per heavy atom. The van der Waals surface area contributed by atoms with Gasteiger partial charge < -0.3 is 9.15 Å². The molecule has 4 rings (SSSR count). The van der Waals surface area contributed by atoms with Crippen molar-refractivity contribution in [1.29, 1.82) is 0 Å². The largest absolute Gasteiger partial charge is 0.464 e. The van der Waals surface area contributed by atoms with E-state index in [4.69, 9.17) is 20.8 Å². The van der Waals surface area contributed by atoms with Crippen LogP contribution in [0, 0.1) is 0 Å². The lowest BCUT2D eigenvalue weighted by Crippen LogP contribution is -2.32. The molecule has 0 saturated heterocycles. The SMILES string of the molecule is CCOC(=O)c1c(CCl)coc1C[P+](c1ccccc1)(c1ccccc1)c1ccccc1. The Morgan fingerprint density at radius 3 is 1.72 bits per heavy atom. The zero-order valence-corrected chi connectivity index (χ0v) is 19.6. The van der Waals surface area contributed by atoms with Gasteiger partial charge in [-0.3, -0.25) is 0 Å². The minimum absolute atomic E-state index is 0.186. The molecule has 4 aromatic rings. The number of ether oxygens (including phenoxy) is 1. The van der Waals surface area contributed by atoms with Gasteiger partial charge in [-0.15, -0.1) is 11.6 Å².